The van der Waals surface area contributed by atoms with Crippen LogP contribution in [0.1, 0.15) is 34.6 Å². The number of β-lactam (4-membered cyclic amide) rings is 1. The molecule has 0 saturated carbocycles. The number of aliphatic hydroxyl groups excluding tert-OH is 2. The summed E-state index contributed by atoms with van der Waals surface area (Å²) in [7, 11) is -4.38. The van der Waals surface area contributed by atoms with E-state index in [0.29, 0.717) is 4.90 Å². The molecule has 1 heterocycles. The van der Waals surface area contributed by atoms with E-state index < -0.39 is 55.1 Å². The molecule has 0 spiro atoms. The van der Waals surface area contributed by atoms with Crippen LogP contribution in [-0.2, 0) is 32.7 Å². The van der Waals surface area contributed by atoms with Gasteiger partial charge in [-0.25, -0.2) is 4.79 Å². The summed E-state index contributed by atoms with van der Waals surface area (Å²) in [4.78, 5) is 39.7. The molecule has 1 amide bonds. The van der Waals surface area contributed by atoms with Gasteiger partial charge in [-0.15, -0.1) is 0 Å². The lowest BCUT2D eigenvalue weighted by atomic mass is 9.88. The van der Waals surface area contributed by atoms with Crippen LogP contribution in [0.2, 0.25) is 0 Å². The van der Waals surface area contributed by atoms with Gasteiger partial charge in [0.05, 0.1) is 19.3 Å². The number of likely N-dealkylation sites (tertiary alicyclic amines) is 1. The topological polar surface area (TPSA) is 188 Å². The van der Waals surface area contributed by atoms with E-state index in [4.69, 9.17) is 19.3 Å². The highest BCUT2D eigenvalue weighted by molar-refractivity contribution is 7.55. The van der Waals surface area contributed by atoms with Gasteiger partial charge in [-0.3, -0.25) is 9.36 Å². The monoisotopic (exact) mass is 450 g/mol. The zero-order valence-corrected chi connectivity index (χ0v) is 18.3. The molecule has 1 saturated heterocycles. The van der Waals surface area contributed by atoms with Crippen LogP contribution in [0.5, 0.6) is 0 Å². The highest BCUT2D eigenvalue weighted by atomic mass is 31.2. The van der Waals surface area contributed by atoms with E-state index >= 15 is 0 Å². The third-order valence-electron chi connectivity index (χ3n) is 3.97. The highest BCUT2D eigenvalue weighted by Gasteiger charge is 2.62. The molecule has 1 fully saturated rings. The number of carbonyl (C=O) groups is 3. The summed E-state index contributed by atoms with van der Waals surface area (Å²) in [5.41, 5.74) is 7.66. The van der Waals surface area contributed by atoms with E-state index in [9.17, 15) is 29.2 Å². The van der Waals surface area contributed by atoms with Gasteiger partial charge in [0.25, 0.3) is 0 Å². The zero-order chi connectivity index (χ0) is 23.3. The molecule has 0 bridgehead atoms. The number of esters is 1. The lowest BCUT2D eigenvalue weighted by molar-refractivity contribution is -0.178. The summed E-state index contributed by atoms with van der Waals surface area (Å²) in [5.74, 6) is -4.10. The Kier molecular flexibility index (Phi) is 8.97. The highest BCUT2D eigenvalue weighted by Crippen LogP contribution is 2.57. The Labute approximate surface area is 173 Å². The first-order valence-electron chi connectivity index (χ1n) is 9.17. The van der Waals surface area contributed by atoms with Gasteiger partial charge in [0.15, 0.2) is 6.29 Å². The Bertz CT molecular complexity index is 739. The molecule has 30 heavy (non-hydrogen) atoms. The van der Waals surface area contributed by atoms with Gasteiger partial charge in [0.2, 0.25) is 11.7 Å². The van der Waals surface area contributed by atoms with E-state index in [2.05, 4.69) is 10.0 Å². The molecule has 2 N–H and O–H groups in total. The normalized spacial score (nSPS) is 22.4. The van der Waals surface area contributed by atoms with Gasteiger partial charge in [0.1, 0.15) is 23.9 Å². The molecule has 1 unspecified atom stereocenters. The maximum absolute atomic E-state index is 13.4. The van der Waals surface area contributed by atoms with Crippen molar-refractivity contribution in [1.82, 2.24) is 4.90 Å². The lowest BCUT2D eigenvalue weighted by Crippen LogP contribution is -2.73. The SMILES string of the molecule is CCOP(=O)(OCC)C(C(=O)OC(C)(C)C)N1C(=O)[C@@H](N=[N+]=[N-])[C@H]1[C@@H](O)[C@H](O)C=O. The van der Waals surface area contributed by atoms with Crippen LogP contribution in [0.4, 0.5) is 0 Å². The fourth-order valence-electron chi connectivity index (χ4n) is 2.89. The molecule has 0 aromatic carbocycles. The average molecular weight is 450 g/mol. The summed E-state index contributed by atoms with van der Waals surface area (Å²) in [5, 5.41) is 23.3. The first-order valence-corrected chi connectivity index (χ1v) is 10.8. The van der Waals surface area contributed by atoms with Crippen molar-refractivity contribution in [3.8, 4) is 0 Å². The van der Waals surface area contributed by atoms with Crippen molar-refractivity contribution in [2.24, 2.45) is 5.11 Å². The van der Waals surface area contributed by atoms with E-state index in [-0.39, 0.29) is 19.5 Å². The minimum Gasteiger partial charge on any atom is -0.458 e. The Hall–Kier alpha value is -2.01. The first-order chi connectivity index (χ1) is 13.9. The minimum absolute atomic E-state index is 0.00590. The second kappa shape index (κ2) is 10.3. The van der Waals surface area contributed by atoms with Gasteiger partial charge in [0, 0.05) is 4.91 Å². The van der Waals surface area contributed by atoms with Gasteiger partial charge in [-0.05, 0) is 40.1 Å². The lowest BCUT2D eigenvalue weighted by Gasteiger charge is -2.51. The third-order valence-corrected chi connectivity index (χ3v) is 6.26. The molecule has 1 aliphatic rings. The van der Waals surface area contributed by atoms with Crippen LogP contribution in [0, 0.1) is 0 Å². The van der Waals surface area contributed by atoms with Crippen molar-refractivity contribution in [3.05, 3.63) is 10.4 Å². The van der Waals surface area contributed by atoms with E-state index in [1.807, 2.05) is 0 Å². The molecular formula is C16H27N4O9P. The Morgan fingerprint density at radius 3 is 2.27 bits per heavy atom. The number of hydrogen-bond donors (Lipinski definition) is 2. The molecule has 5 atom stereocenters. The smallest absolute Gasteiger partial charge is 0.364 e. The number of rotatable bonds is 11. The molecule has 170 valence electrons. The molecule has 1 aliphatic heterocycles. The molecule has 0 radical (unpaired) electrons. The van der Waals surface area contributed by atoms with Crippen LogP contribution >= 0.6 is 7.60 Å². The average Bonchev–Trinajstić information content (AvgIpc) is 2.64. The first kappa shape index (κ1) is 26.0. The van der Waals surface area contributed by atoms with Gasteiger partial charge in [-0.1, -0.05) is 5.11 Å². The second-order valence-electron chi connectivity index (χ2n) is 7.29. The van der Waals surface area contributed by atoms with Crippen molar-refractivity contribution in [2.45, 2.75) is 70.3 Å². The van der Waals surface area contributed by atoms with Crippen molar-refractivity contribution in [1.29, 1.82) is 0 Å². The number of ether oxygens (including phenoxy) is 1. The second-order valence-corrected chi connectivity index (χ2v) is 9.37. The summed E-state index contributed by atoms with van der Waals surface area (Å²) in [6.45, 7) is 7.29. The summed E-state index contributed by atoms with van der Waals surface area (Å²) in [6.07, 6.45) is -3.91. The van der Waals surface area contributed by atoms with E-state index in [0.717, 1.165) is 0 Å². The van der Waals surface area contributed by atoms with Gasteiger partial charge < -0.3 is 33.7 Å². The zero-order valence-electron chi connectivity index (χ0n) is 17.4. The summed E-state index contributed by atoms with van der Waals surface area (Å²) >= 11 is 0. The Morgan fingerprint density at radius 2 is 1.87 bits per heavy atom. The number of hydrogen-bond acceptors (Lipinski definition) is 10. The predicted octanol–water partition coefficient (Wildman–Crippen LogP) is 0.731. The third kappa shape index (κ3) is 5.57. The molecule has 1 rings (SSSR count). The largest absolute Gasteiger partial charge is 0.458 e. The fourth-order valence-corrected chi connectivity index (χ4v) is 4.85. The van der Waals surface area contributed by atoms with Crippen LogP contribution in [0.3, 0.4) is 0 Å². The maximum Gasteiger partial charge on any atom is 0.364 e. The van der Waals surface area contributed by atoms with Crippen molar-refractivity contribution < 1.29 is 42.9 Å². The molecular weight excluding hydrogens is 423 g/mol. The predicted molar refractivity (Wildman–Crippen MR) is 102 cm³/mol. The molecule has 13 nitrogen and oxygen atoms in total. The van der Waals surface area contributed by atoms with Crippen LogP contribution < -0.4 is 0 Å². The quantitative estimate of drug-likeness (QED) is 0.0869. The van der Waals surface area contributed by atoms with Crippen molar-refractivity contribution >= 4 is 25.8 Å². The van der Waals surface area contributed by atoms with Gasteiger partial charge >= 0.3 is 13.6 Å². The number of aliphatic hydroxyl groups is 2. The molecule has 0 aromatic heterocycles. The fraction of sp³-hybridized carbons (Fsp3) is 0.812. The number of azide groups is 1. The Morgan fingerprint density at radius 1 is 1.33 bits per heavy atom. The molecule has 14 heteroatoms. The number of aldehydes is 1. The summed E-state index contributed by atoms with van der Waals surface area (Å²) < 4.78 is 29.1. The maximum atomic E-state index is 13.4. The number of amides is 1. The van der Waals surface area contributed by atoms with Crippen molar-refractivity contribution in [3.63, 3.8) is 0 Å². The Balaban J connectivity index is 3.56. The van der Waals surface area contributed by atoms with Crippen LogP contribution in [0.25, 0.3) is 10.4 Å². The number of carbonyl (C=O) groups excluding carboxylic acids is 3. The van der Waals surface area contributed by atoms with Crippen molar-refractivity contribution in [2.75, 3.05) is 13.2 Å². The van der Waals surface area contributed by atoms with E-state index in [1.54, 1.807) is 0 Å². The minimum atomic E-state index is -4.38. The molecule has 0 aromatic rings. The molecule has 0 aliphatic carbocycles. The summed E-state index contributed by atoms with van der Waals surface area (Å²) in [6, 6.07) is -3.11. The number of nitrogens with zero attached hydrogens (tertiary/aromatic N) is 4. The standard InChI is InChI=1S/C16H27N4O9P/c1-6-27-30(26,28-7-2)14(15(25)29-16(3,4)5)20-11(12(23)9(22)8-21)10(13(20)24)18-19-17/h8-12,14,22-23H,6-7H2,1-5H3/t9-,10+,11+,12+,14?/m1/s1. The van der Waals surface area contributed by atoms with E-state index in [1.165, 1.54) is 34.6 Å². The van der Waals surface area contributed by atoms with Crippen LogP contribution in [-0.4, -0.2) is 82.2 Å². The van der Waals surface area contributed by atoms with Crippen LogP contribution in [0.15, 0.2) is 5.11 Å². The van der Waals surface area contributed by atoms with Gasteiger partial charge in [-0.2, -0.15) is 0 Å².